The van der Waals surface area contributed by atoms with Crippen LogP contribution in [0.15, 0.2) is 30.3 Å². The minimum atomic E-state index is -0.264. The van der Waals surface area contributed by atoms with Crippen LogP contribution in [0.1, 0.15) is 49.4 Å². The van der Waals surface area contributed by atoms with Gasteiger partial charge in [0.1, 0.15) is 0 Å². The average molecular weight is 416 g/mol. The summed E-state index contributed by atoms with van der Waals surface area (Å²) in [5.41, 5.74) is 6.24. The number of esters is 1. The van der Waals surface area contributed by atoms with Crippen molar-refractivity contribution in [1.82, 2.24) is 9.80 Å². The standard InChI is InChI=1S/C23H33N3O4/c1-2-30-21(27)15-18-10-14-26(23(29)17-7-4-3-5-8-17)16-19(18)11-13-25-12-6-9-20(25)22(24)28/h3-5,7-8,18-20H,2,6,9-16H2,1H3,(H2,24,28)/t18-,19+,20+/m1/s1. The third-order valence-corrected chi connectivity index (χ3v) is 6.41. The van der Waals surface area contributed by atoms with Gasteiger partial charge >= 0.3 is 5.97 Å². The molecule has 2 aliphatic rings. The first-order valence-electron chi connectivity index (χ1n) is 11.0. The number of nitrogens with zero attached hydrogens (tertiary/aromatic N) is 2. The van der Waals surface area contributed by atoms with Gasteiger partial charge in [0.25, 0.3) is 5.91 Å². The van der Waals surface area contributed by atoms with Gasteiger partial charge in [-0.15, -0.1) is 0 Å². The molecule has 2 aliphatic heterocycles. The lowest BCUT2D eigenvalue weighted by atomic mass is 9.80. The second-order valence-corrected chi connectivity index (χ2v) is 8.32. The van der Waals surface area contributed by atoms with Gasteiger partial charge in [0, 0.05) is 25.1 Å². The van der Waals surface area contributed by atoms with Crippen LogP contribution in [-0.2, 0) is 14.3 Å². The molecule has 0 aromatic heterocycles. The molecular formula is C23H33N3O4. The smallest absolute Gasteiger partial charge is 0.306 e. The zero-order valence-electron chi connectivity index (χ0n) is 17.8. The van der Waals surface area contributed by atoms with Crippen LogP contribution in [0.5, 0.6) is 0 Å². The molecule has 0 bridgehead atoms. The summed E-state index contributed by atoms with van der Waals surface area (Å²) >= 11 is 0. The van der Waals surface area contributed by atoms with Gasteiger partial charge in [-0.2, -0.15) is 0 Å². The van der Waals surface area contributed by atoms with E-state index in [1.165, 1.54) is 0 Å². The highest BCUT2D eigenvalue weighted by Gasteiger charge is 2.35. The van der Waals surface area contributed by atoms with E-state index in [9.17, 15) is 14.4 Å². The van der Waals surface area contributed by atoms with Crippen LogP contribution in [0.25, 0.3) is 0 Å². The highest BCUT2D eigenvalue weighted by Crippen LogP contribution is 2.31. The minimum Gasteiger partial charge on any atom is -0.466 e. The molecule has 2 N–H and O–H groups in total. The molecule has 2 heterocycles. The maximum absolute atomic E-state index is 12.9. The van der Waals surface area contributed by atoms with Crippen molar-refractivity contribution in [3.8, 4) is 0 Å². The molecule has 3 atom stereocenters. The fraction of sp³-hybridized carbons (Fsp3) is 0.609. The molecule has 0 unspecified atom stereocenters. The summed E-state index contributed by atoms with van der Waals surface area (Å²) in [6.07, 6.45) is 3.77. The van der Waals surface area contributed by atoms with E-state index < -0.39 is 0 Å². The van der Waals surface area contributed by atoms with E-state index in [2.05, 4.69) is 4.90 Å². The SMILES string of the molecule is CCOC(=O)C[C@H]1CCN(C(=O)c2ccccc2)C[C@@H]1CCN1CCC[C@H]1C(N)=O. The number of piperidine rings is 1. The number of hydrogen-bond donors (Lipinski definition) is 1. The number of benzene rings is 1. The Kier molecular flexibility index (Phi) is 7.85. The Balaban J connectivity index is 1.66. The monoisotopic (exact) mass is 415 g/mol. The molecule has 1 aromatic carbocycles. The van der Waals surface area contributed by atoms with Crippen molar-refractivity contribution in [3.63, 3.8) is 0 Å². The topological polar surface area (TPSA) is 92.9 Å². The van der Waals surface area contributed by atoms with Crippen molar-refractivity contribution in [2.75, 3.05) is 32.8 Å². The lowest BCUT2D eigenvalue weighted by Gasteiger charge is -2.39. The number of hydrogen-bond acceptors (Lipinski definition) is 5. The van der Waals surface area contributed by atoms with Crippen LogP contribution in [0.4, 0.5) is 0 Å². The van der Waals surface area contributed by atoms with Crippen LogP contribution in [0.3, 0.4) is 0 Å². The van der Waals surface area contributed by atoms with Crippen molar-refractivity contribution < 1.29 is 19.1 Å². The quantitative estimate of drug-likeness (QED) is 0.656. The number of carbonyl (C=O) groups excluding carboxylic acids is 3. The van der Waals surface area contributed by atoms with E-state index in [1.54, 1.807) is 0 Å². The summed E-state index contributed by atoms with van der Waals surface area (Å²) in [6, 6.07) is 9.12. The zero-order valence-corrected chi connectivity index (χ0v) is 17.8. The maximum Gasteiger partial charge on any atom is 0.306 e. The normalized spacial score (nSPS) is 24.6. The Hall–Kier alpha value is -2.41. The molecule has 2 saturated heterocycles. The van der Waals surface area contributed by atoms with Gasteiger partial charge in [0.05, 0.1) is 12.6 Å². The number of nitrogens with two attached hydrogens (primary N) is 1. The molecule has 0 radical (unpaired) electrons. The third kappa shape index (κ3) is 5.59. The molecule has 2 amide bonds. The maximum atomic E-state index is 12.9. The van der Waals surface area contributed by atoms with Crippen LogP contribution >= 0.6 is 0 Å². The molecule has 7 nitrogen and oxygen atoms in total. The first-order chi connectivity index (χ1) is 14.5. The molecule has 0 saturated carbocycles. The third-order valence-electron chi connectivity index (χ3n) is 6.41. The lowest BCUT2D eigenvalue weighted by Crippen LogP contribution is -2.46. The number of ether oxygens (including phenoxy) is 1. The van der Waals surface area contributed by atoms with E-state index in [4.69, 9.17) is 10.5 Å². The summed E-state index contributed by atoms with van der Waals surface area (Å²) in [5.74, 6) is -0.0403. The Morgan fingerprint density at radius 2 is 1.87 bits per heavy atom. The highest BCUT2D eigenvalue weighted by molar-refractivity contribution is 5.94. The molecule has 30 heavy (non-hydrogen) atoms. The largest absolute Gasteiger partial charge is 0.466 e. The van der Waals surface area contributed by atoms with Gasteiger partial charge in [0.15, 0.2) is 0 Å². The van der Waals surface area contributed by atoms with Crippen LogP contribution < -0.4 is 5.73 Å². The molecule has 0 spiro atoms. The summed E-state index contributed by atoms with van der Waals surface area (Å²) in [6.45, 7) is 5.08. The number of likely N-dealkylation sites (tertiary alicyclic amines) is 2. The van der Waals surface area contributed by atoms with Crippen molar-refractivity contribution >= 4 is 17.8 Å². The first kappa shape index (κ1) is 22.3. The van der Waals surface area contributed by atoms with Gasteiger partial charge in [0.2, 0.25) is 5.91 Å². The number of primary amides is 1. The van der Waals surface area contributed by atoms with Gasteiger partial charge in [-0.05, 0) is 69.7 Å². The Morgan fingerprint density at radius 3 is 2.57 bits per heavy atom. The minimum absolute atomic E-state index is 0.0337. The van der Waals surface area contributed by atoms with Crippen molar-refractivity contribution in [2.45, 2.75) is 45.1 Å². The van der Waals surface area contributed by atoms with Crippen molar-refractivity contribution in [3.05, 3.63) is 35.9 Å². The molecular weight excluding hydrogens is 382 g/mol. The van der Waals surface area contributed by atoms with E-state index >= 15 is 0 Å². The Labute approximate surface area is 178 Å². The number of carbonyl (C=O) groups is 3. The second kappa shape index (κ2) is 10.6. The Bertz CT molecular complexity index is 739. The highest BCUT2D eigenvalue weighted by atomic mass is 16.5. The molecule has 3 rings (SSSR count). The summed E-state index contributed by atoms with van der Waals surface area (Å²) < 4.78 is 5.17. The van der Waals surface area contributed by atoms with Crippen LogP contribution in [0, 0.1) is 11.8 Å². The molecule has 0 aliphatic carbocycles. The van der Waals surface area contributed by atoms with Crippen LogP contribution in [-0.4, -0.2) is 66.4 Å². The van der Waals surface area contributed by atoms with E-state index in [1.807, 2.05) is 42.2 Å². The number of amides is 2. The van der Waals surface area contributed by atoms with E-state index in [0.29, 0.717) is 31.7 Å². The summed E-state index contributed by atoms with van der Waals surface area (Å²) in [7, 11) is 0. The summed E-state index contributed by atoms with van der Waals surface area (Å²) in [4.78, 5) is 40.8. The van der Waals surface area contributed by atoms with Gasteiger partial charge in [-0.25, -0.2) is 0 Å². The molecule has 2 fully saturated rings. The molecule has 1 aromatic rings. The van der Waals surface area contributed by atoms with Gasteiger partial charge in [-0.1, -0.05) is 18.2 Å². The second-order valence-electron chi connectivity index (χ2n) is 8.32. The van der Waals surface area contributed by atoms with Crippen LogP contribution in [0.2, 0.25) is 0 Å². The first-order valence-corrected chi connectivity index (χ1v) is 11.0. The number of rotatable bonds is 8. The van der Waals surface area contributed by atoms with Crippen molar-refractivity contribution in [2.24, 2.45) is 17.6 Å². The Morgan fingerprint density at radius 1 is 1.10 bits per heavy atom. The average Bonchev–Trinajstić information content (AvgIpc) is 3.22. The zero-order chi connectivity index (χ0) is 21.5. The molecule has 164 valence electrons. The van der Waals surface area contributed by atoms with Crippen molar-refractivity contribution in [1.29, 1.82) is 0 Å². The molecule has 7 heteroatoms. The van der Waals surface area contributed by atoms with Gasteiger partial charge < -0.3 is 15.4 Å². The fourth-order valence-electron chi connectivity index (χ4n) is 4.81. The summed E-state index contributed by atoms with van der Waals surface area (Å²) in [5, 5.41) is 0. The van der Waals surface area contributed by atoms with E-state index in [-0.39, 0.29) is 35.7 Å². The van der Waals surface area contributed by atoms with Gasteiger partial charge in [-0.3, -0.25) is 19.3 Å². The van der Waals surface area contributed by atoms with E-state index in [0.717, 1.165) is 38.8 Å². The predicted molar refractivity (Wildman–Crippen MR) is 114 cm³/mol. The fourth-order valence-corrected chi connectivity index (χ4v) is 4.81. The predicted octanol–water partition coefficient (Wildman–Crippen LogP) is 2.06. The lowest BCUT2D eigenvalue weighted by molar-refractivity contribution is -0.145.